The SMILES string of the molecule is COC(=O)c1cc(Br)ncc1Br. The molecular weight excluding hydrogens is 290 g/mol. The number of hydrogen-bond donors (Lipinski definition) is 0. The van der Waals surface area contributed by atoms with Crippen LogP contribution < -0.4 is 0 Å². The van der Waals surface area contributed by atoms with E-state index in [0.29, 0.717) is 14.6 Å². The van der Waals surface area contributed by atoms with Crippen molar-refractivity contribution in [1.82, 2.24) is 4.98 Å². The second-order valence-electron chi connectivity index (χ2n) is 1.98. The number of ether oxygens (including phenoxy) is 1. The molecule has 1 aromatic heterocycles. The van der Waals surface area contributed by atoms with Gasteiger partial charge in [-0.05, 0) is 37.9 Å². The predicted molar refractivity (Wildman–Crippen MR) is 51.0 cm³/mol. The van der Waals surface area contributed by atoms with E-state index < -0.39 is 0 Å². The highest BCUT2D eigenvalue weighted by atomic mass is 79.9. The zero-order valence-electron chi connectivity index (χ0n) is 6.17. The molecule has 1 heterocycles. The van der Waals surface area contributed by atoms with Crippen LogP contribution in [-0.2, 0) is 4.74 Å². The molecule has 0 amide bonds. The maximum atomic E-state index is 11.1. The van der Waals surface area contributed by atoms with Crippen molar-refractivity contribution in [3.8, 4) is 0 Å². The largest absolute Gasteiger partial charge is 0.465 e. The lowest BCUT2D eigenvalue weighted by Crippen LogP contribution is -2.02. The quantitative estimate of drug-likeness (QED) is 0.590. The van der Waals surface area contributed by atoms with Gasteiger partial charge in [0, 0.05) is 6.20 Å². The number of carbonyl (C=O) groups is 1. The molecule has 0 N–H and O–H groups in total. The van der Waals surface area contributed by atoms with Crippen LogP contribution in [0.5, 0.6) is 0 Å². The fourth-order valence-electron chi connectivity index (χ4n) is 0.680. The van der Waals surface area contributed by atoms with Crippen LogP contribution in [0.3, 0.4) is 0 Å². The van der Waals surface area contributed by atoms with Gasteiger partial charge in [-0.3, -0.25) is 0 Å². The number of aromatic nitrogens is 1. The first-order valence-electron chi connectivity index (χ1n) is 3.04. The number of esters is 1. The number of halogens is 2. The van der Waals surface area contributed by atoms with E-state index in [0.717, 1.165) is 0 Å². The van der Waals surface area contributed by atoms with Crippen LogP contribution in [0.4, 0.5) is 0 Å². The van der Waals surface area contributed by atoms with Crippen molar-refractivity contribution in [2.24, 2.45) is 0 Å². The molecule has 0 spiro atoms. The smallest absolute Gasteiger partial charge is 0.339 e. The maximum absolute atomic E-state index is 11.1. The van der Waals surface area contributed by atoms with Crippen molar-refractivity contribution in [2.75, 3.05) is 7.11 Å². The minimum absolute atomic E-state index is 0.384. The minimum atomic E-state index is -0.384. The molecule has 12 heavy (non-hydrogen) atoms. The van der Waals surface area contributed by atoms with Gasteiger partial charge in [0.25, 0.3) is 0 Å². The first kappa shape index (κ1) is 9.67. The highest BCUT2D eigenvalue weighted by Gasteiger charge is 2.10. The molecule has 1 rings (SSSR count). The predicted octanol–water partition coefficient (Wildman–Crippen LogP) is 2.39. The fraction of sp³-hybridized carbons (Fsp3) is 0.143. The number of carbonyl (C=O) groups excluding carboxylic acids is 1. The number of rotatable bonds is 1. The van der Waals surface area contributed by atoms with Crippen molar-refractivity contribution < 1.29 is 9.53 Å². The first-order valence-corrected chi connectivity index (χ1v) is 4.63. The van der Waals surface area contributed by atoms with Crippen molar-refractivity contribution in [2.45, 2.75) is 0 Å². The van der Waals surface area contributed by atoms with Gasteiger partial charge in [-0.25, -0.2) is 9.78 Å². The van der Waals surface area contributed by atoms with Gasteiger partial charge in [0.1, 0.15) is 4.60 Å². The third-order valence-corrected chi connectivity index (χ3v) is 2.29. The summed E-state index contributed by atoms with van der Waals surface area (Å²) in [6.07, 6.45) is 1.54. The summed E-state index contributed by atoms with van der Waals surface area (Å²) in [4.78, 5) is 15.0. The highest BCUT2D eigenvalue weighted by Crippen LogP contribution is 2.19. The Hall–Kier alpha value is -0.420. The van der Waals surface area contributed by atoms with Gasteiger partial charge in [-0.1, -0.05) is 0 Å². The molecule has 0 aliphatic carbocycles. The van der Waals surface area contributed by atoms with Gasteiger partial charge in [-0.2, -0.15) is 0 Å². The molecule has 0 aliphatic heterocycles. The van der Waals surface area contributed by atoms with E-state index in [2.05, 4.69) is 41.6 Å². The molecule has 0 atom stereocenters. The molecule has 0 radical (unpaired) electrons. The number of hydrogen-bond acceptors (Lipinski definition) is 3. The van der Waals surface area contributed by atoms with E-state index in [9.17, 15) is 4.79 Å². The van der Waals surface area contributed by atoms with E-state index in [1.54, 1.807) is 6.07 Å². The van der Waals surface area contributed by atoms with Crippen molar-refractivity contribution in [3.63, 3.8) is 0 Å². The summed E-state index contributed by atoms with van der Waals surface area (Å²) in [5.41, 5.74) is 0.458. The Labute approximate surface area is 86.4 Å². The molecule has 3 nitrogen and oxygen atoms in total. The Morgan fingerprint density at radius 3 is 2.83 bits per heavy atom. The average Bonchev–Trinajstić information content (AvgIpc) is 2.08. The lowest BCUT2D eigenvalue weighted by Gasteiger charge is -2.01. The highest BCUT2D eigenvalue weighted by molar-refractivity contribution is 9.11. The zero-order valence-corrected chi connectivity index (χ0v) is 9.35. The summed E-state index contributed by atoms with van der Waals surface area (Å²) < 4.78 is 5.78. The second kappa shape index (κ2) is 4.00. The molecule has 5 heteroatoms. The van der Waals surface area contributed by atoms with Crippen LogP contribution in [-0.4, -0.2) is 18.1 Å². The van der Waals surface area contributed by atoms with E-state index in [1.807, 2.05) is 0 Å². The zero-order chi connectivity index (χ0) is 9.14. The Kier molecular flexibility index (Phi) is 3.22. The molecule has 0 bridgehead atoms. The van der Waals surface area contributed by atoms with Gasteiger partial charge in [0.05, 0.1) is 17.1 Å². The van der Waals surface area contributed by atoms with E-state index in [-0.39, 0.29) is 5.97 Å². The Morgan fingerprint density at radius 2 is 2.25 bits per heavy atom. The van der Waals surface area contributed by atoms with Gasteiger partial charge in [0.15, 0.2) is 0 Å². The van der Waals surface area contributed by atoms with E-state index in [4.69, 9.17) is 0 Å². The molecule has 0 aliphatic rings. The fourth-order valence-corrected chi connectivity index (χ4v) is 1.39. The van der Waals surface area contributed by atoms with Gasteiger partial charge in [-0.15, -0.1) is 0 Å². The Balaban J connectivity index is 3.13. The van der Waals surface area contributed by atoms with Crippen LogP contribution in [0.1, 0.15) is 10.4 Å². The standard InChI is InChI=1S/C7H5Br2NO2/c1-12-7(11)4-2-6(9)10-3-5(4)8/h2-3H,1H3. The maximum Gasteiger partial charge on any atom is 0.339 e. The Morgan fingerprint density at radius 1 is 1.58 bits per heavy atom. The summed E-state index contributed by atoms with van der Waals surface area (Å²) in [6.45, 7) is 0. The summed E-state index contributed by atoms with van der Waals surface area (Å²) in [5, 5.41) is 0. The number of pyridine rings is 1. The summed E-state index contributed by atoms with van der Waals surface area (Å²) in [7, 11) is 1.34. The molecule has 64 valence electrons. The third kappa shape index (κ3) is 2.04. The summed E-state index contributed by atoms with van der Waals surface area (Å²) in [5.74, 6) is -0.384. The second-order valence-corrected chi connectivity index (χ2v) is 3.65. The number of methoxy groups -OCH3 is 1. The van der Waals surface area contributed by atoms with Crippen molar-refractivity contribution in [3.05, 3.63) is 26.9 Å². The van der Waals surface area contributed by atoms with E-state index >= 15 is 0 Å². The van der Waals surface area contributed by atoms with Gasteiger partial charge >= 0.3 is 5.97 Å². The summed E-state index contributed by atoms with van der Waals surface area (Å²) in [6, 6.07) is 1.59. The Bertz CT molecular complexity index is 314. The molecular formula is C7H5Br2NO2. The van der Waals surface area contributed by atoms with Gasteiger partial charge < -0.3 is 4.74 Å². The average molecular weight is 295 g/mol. The molecule has 1 aromatic rings. The van der Waals surface area contributed by atoms with Gasteiger partial charge in [0.2, 0.25) is 0 Å². The van der Waals surface area contributed by atoms with Crippen molar-refractivity contribution >= 4 is 37.8 Å². The summed E-state index contributed by atoms with van der Waals surface area (Å²) >= 11 is 6.34. The van der Waals surface area contributed by atoms with Crippen LogP contribution >= 0.6 is 31.9 Å². The van der Waals surface area contributed by atoms with Crippen LogP contribution in [0.15, 0.2) is 21.3 Å². The van der Waals surface area contributed by atoms with Crippen LogP contribution in [0, 0.1) is 0 Å². The lowest BCUT2D eigenvalue weighted by atomic mass is 10.3. The normalized spacial score (nSPS) is 9.58. The van der Waals surface area contributed by atoms with Crippen LogP contribution in [0.2, 0.25) is 0 Å². The molecule has 0 fully saturated rings. The topological polar surface area (TPSA) is 39.2 Å². The number of nitrogens with zero attached hydrogens (tertiary/aromatic N) is 1. The third-order valence-electron chi connectivity index (χ3n) is 1.23. The molecule has 0 saturated heterocycles. The first-order chi connectivity index (χ1) is 5.65. The molecule has 0 aromatic carbocycles. The monoisotopic (exact) mass is 293 g/mol. The molecule has 0 unspecified atom stereocenters. The van der Waals surface area contributed by atoms with Crippen molar-refractivity contribution in [1.29, 1.82) is 0 Å². The van der Waals surface area contributed by atoms with E-state index in [1.165, 1.54) is 13.3 Å². The van der Waals surface area contributed by atoms with Crippen LogP contribution in [0.25, 0.3) is 0 Å². The molecule has 0 saturated carbocycles. The minimum Gasteiger partial charge on any atom is -0.465 e. The lowest BCUT2D eigenvalue weighted by molar-refractivity contribution is 0.0599.